The zero-order valence-corrected chi connectivity index (χ0v) is 30.1. The van der Waals surface area contributed by atoms with Gasteiger partial charge in [0.15, 0.2) is 5.82 Å². The summed E-state index contributed by atoms with van der Waals surface area (Å²) < 4.78 is 112. The highest BCUT2D eigenvalue weighted by molar-refractivity contribution is 6.33. The molecule has 1 unspecified atom stereocenters. The third-order valence-corrected chi connectivity index (χ3v) is 10.2. The maximum Gasteiger partial charge on any atom is 0.400 e. The molecule has 0 bridgehead atoms. The number of benzene rings is 2. The molecular formula is C34H35ClF8N10O2. The molecule has 4 N–H and O–H groups in total. The number of nitrogens with two attached hydrogens (primary N) is 1. The zero-order valence-electron chi connectivity index (χ0n) is 29.3. The van der Waals surface area contributed by atoms with E-state index in [1.807, 2.05) is 0 Å². The Morgan fingerprint density at radius 2 is 1.75 bits per heavy atom. The van der Waals surface area contributed by atoms with Crippen LogP contribution >= 0.6 is 11.6 Å². The van der Waals surface area contributed by atoms with Gasteiger partial charge >= 0.3 is 18.9 Å². The fourth-order valence-corrected chi connectivity index (χ4v) is 6.66. The van der Waals surface area contributed by atoms with Crippen LogP contribution in [0.5, 0.6) is 0 Å². The van der Waals surface area contributed by atoms with Gasteiger partial charge in [0.05, 0.1) is 28.7 Å². The van der Waals surface area contributed by atoms with Gasteiger partial charge in [-0.05, 0) is 49.4 Å². The molecule has 0 radical (unpaired) electrons. The van der Waals surface area contributed by atoms with Crippen molar-refractivity contribution in [1.82, 2.24) is 45.3 Å². The number of amides is 2. The molecule has 2 amide bonds. The molecule has 4 atom stereocenters. The molecular weight excluding hydrogens is 768 g/mol. The van der Waals surface area contributed by atoms with Crippen molar-refractivity contribution in [3.63, 3.8) is 0 Å². The largest absolute Gasteiger partial charge is 0.400 e. The van der Waals surface area contributed by atoms with Crippen LogP contribution < -0.4 is 16.4 Å². The van der Waals surface area contributed by atoms with Crippen LogP contribution in [0.2, 0.25) is 5.02 Å². The quantitative estimate of drug-likeness (QED) is 0.138. The Balaban J connectivity index is 1.44. The van der Waals surface area contributed by atoms with E-state index in [9.17, 15) is 44.7 Å². The van der Waals surface area contributed by atoms with E-state index in [0.717, 1.165) is 37.9 Å². The topological polar surface area (TPSA) is 149 Å². The van der Waals surface area contributed by atoms with E-state index in [0.29, 0.717) is 18.2 Å². The fourth-order valence-electron chi connectivity index (χ4n) is 6.46. The van der Waals surface area contributed by atoms with E-state index in [1.165, 1.54) is 36.5 Å². The summed E-state index contributed by atoms with van der Waals surface area (Å²) in [4.78, 5) is 34.0. The van der Waals surface area contributed by atoms with Gasteiger partial charge in [-0.1, -0.05) is 55.8 Å². The van der Waals surface area contributed by atoms with Crippen LogP contribution in [0.3, 0.4) is 0 Å². The molecule has 2 fully saturated rings. The van der Waals surface area contributed by atoms with Crippen LogP contribution in [0.4, 0.5) is 35.1 Å². The third kappa shape index (κ3) is 7.75. The first-order valence-corrected chi connectivity index (χ1v) is 17.3. The fraction of sp³-hybridized carbons (Fsp3) is 0.471. The van der Waals surface area contributed by atoms with Gasteiger partial charge in [-0.3, -0.25) is 20.6 Å². The molecule has 2 aliphatic rings. The van der Waals surface area contributed by atoms with Crippen molar-refractivity contribution in [3.05, 3.63) is 71.1 Å². The number of nitrogens with zero attached hydrogens (tertiary/aromatic N) is 7. The van der Waals surface area contributed by atoms with Crippen molar-refractivity contribution in [1.29, 1.82) is 0 Å². The number of hydrogen-bond acceptors (Lipinski definition) is 8. The minimum absolute atomic E-state index is 0.00811. The first-order valence-electron chi connectivity index (χ1n) is 16.9. The predicted octanol–water partition coefficient (Wildman–Crippen LogP) is 6.49. The summed E-state index contributed by atoms with van der Waals surface area (Å²) in [5.74, 6) is -5.39. The highest BCUT2D eigenvalue weighted by Gasteiger charge is 2.60. The lowest BCUT2D eigenvalue weighted by Gasteiger charge is -2.38. The van der Waals surface area contributed by atoms with E-state index in [-0.39, 0.29) is 32.4 Å². The molecule has 55 heavy (non-hydrogen) atoms. The molecule has 6 rings (SSSR count). The molecule has 4 aromatic rings. The first-order chi connectivity index (χ1) is 25.6. The standard InChI is InChI=1S/C34H35ClF8N10O2/c1-17(33(38,39)40)27(54)45-14-25(19-6-11-23(35)22(12-19)26-46-16-48-52(26)29(36)37)51-28(55)32(49-30(51)44,15-31(2,3)34(41,42)43)20-7-4-18(5-8-20)24-13-47-53(50-24)21-9-10-21/h4-8,11-13,16-17,21,25,29-30,49H,9-10,14-15,44H2,1-3H3,(H,45,54)/t17-,25+,30?,32+/m0/s1. The molecule has 1 aliphatic carbocycles. The number of alkyl halides is 8. The van der Waals surface area contributed by atoms with Crippen LogP contribution in [0.15, 0.2) is 55.0 Å². The lowest BCUT2D eigenvalue weighted by molar-refractivity contribution is -0.218. The van der Waals surface area contributed by atoms with Gasteiger partial charge in [-0.2, -0.15) is 59.9 Å². The van der Waals surface area contributed by atoms with Crippen LogP contribution in [0, 0.1) is 11.3 Å². The molecule has 296 valence electrons. The number of carbonyl (C=O) groups is 2. The Labute approximate surface area is 313 Å². The van der Waals surface area contributed by atoms with Crippen LogP contribution in [0.25, 0.3) is 22.6 Å². The summed E-state index contributed by atoms with van der Waals surface area (Å²) in [7, 11) is 0. The van der Waals surface area contributed by atoms with Crippen LogP contribution in [-0.2, 0) is 15.1 Å². The number of hydrogen-bond donors (Lipinski definition) is 3. The Kier molecular flexibility index (Phi) is 10.5. The molecule has 2 aromatic heterocycles. The molecule has 3 heterocycles. The highest BCUT2D eigenvalue weighted by atomic mass is 35.5. The SMILES string of the molecule is C[C@@H](C(=O)NC[C@H](c1ccc(Cl)c(-c2ncnn2C(F)F)c1)N1C(=O)[C@@](CC(C)(C)C(F)(F)F)(c2ccc(-c3cnn(C4CC4)n3)cc2)NC1N)C(F)(F)F. The van der Waals surface area contributed by atoms with Crippen LogP contribution in [0.1, 0.15) is 69.8 Å². The van der Waals surface area contributed by atoms with Gasteiger partial charge in [0.2, 0.25) is 11.8 Å². The van der Waals surface area contributed by atoms with E-state index in [2.05, 4.69) is 30.9 Å². The molecule has 1 saturated heterocycles. The summed E-state index contributed by atoms with van der Waals surface area (Å²) in [5, 5.41) is 17.1. The number of nitrogens with one attached hydrogen (secondary N) is 2. The average molecular weight is 803 g/mol. The van der Waals surface area contributed by atoms with E-state index in [1.54, 1.807) is 16.9 Å². The third-order valence-electron chi connectivity index (χ3n) is 9.89. The van der Waals surface area contributed by atoms with Gasteiger partial charge in [0.1, 0.15) is 29.8 Å². The molecule has 1 aliphatic heterocycles. The highest BCUT2D eigenvalue weighted by Crippen LogP contribution is 2.49. The predicted molar refractivity (Wildman–Crippen MR) is 181 cm³/mol. The normalized spacial score (nSPS) is 20.7. The van der Waals surface area contributed by atoms with E-state index >= 15 is 0 Å². The van der Waals surface area contributed by atoms with Crippen molar-refractivity contribution < 1.29 is 44.7 Å². The minimum atomic E-state index is -4.94. The number of halogens is 9. The first kappa shape index (κ1) is 40.0. The van der Waals surface area contributed by atoms with E-state index in [4.69, 9.17) is 17.3 Å². The maximum atomic E-state index is 14.9. The summed E-state index contributed by atoms with van der Waals surface area (Å²) in [6.45, 7) is -1.47. The Hall–Kier alpha value is -4.69. The Morgan fingerprint density at radius 3 is 2.35 bits per heavy atom. The lowest BCUT2D eigenvalue weighted by atomic mass is 9.73. The Morgan fingerprint density at radius 1 is 1.07 bits per heavy atom. The summed E-state index contributed by atoms with van der Waals surface area (Å²) >= 11 is 6.37. The van der Waals surface area contributed by atoms with Crippen molar-refractivity contribution in [2.45, 2.75) is 82.8 Å². The molecule has 1 saturated carbocycles. The minimum Gasteiger partial charge on any atom is -0.353 e. The van der Waals surface area contributed by atoms with Crippen molar-refractivity contribution in [2.24, 2.45) is 17.1 Å². The summed E-state index contributed by atoms with van der Waals surface area (Å²) in [6.07, 6.45) is -8.03. The van der Waals surface area contributed by atoms with Gasteiger partial charge in [0, 0.05) is 17.7 Å². The summed E-state index contributed by atoms with van der Waals surface area (Å²) in [6, 6.07) is 8.44. The van der Waals surface area contributed by atoms with Gasteiger partial charge in [0.25, 0.3) is 0 Å². The second-order valence-corrected chi connectivity index (χ2v) is 14.6. The smallest absolute Gasteiger partial charge is 0.353 e. The average Bonchev–Trinajstić information content (AvgIpc) is 3.52. The van der Waals surface area contributed by atoms with Gasteiger partial charge in [-0.25, -0.2) is 4.98 Å². The maximum absolute atomic E-state index is 14.9. The van der Waals surface area contributed by atoms with Crippen molar-refractivity contribution in [3.8, 4) is 22.6 Å². The van der Waals surface area contributed by atoms with Crippen molar-refractivity contribution in [2.75, 3.05) is 6.54 Å². The monoisotopic (exact) mass is 802 g/mol. The second-order valence-electron chi connectivity index (χ2n) is 14.2. The molecule has 0 spiro atoms. The van der Waals surface area contributed by atoms with Crippen molar-refractivity contribution >= 4 is 23.4 Å². The van der Waals surface area contributed by atoms with Gasteiger partial charge in [-0.15, -0.1) is 0 Å². The number of rotatable bonds is 12. The zero-order chi connectivity index (χ0) is 40.2. The summed E-state index contributed by atoms with van der Waals surface area (Å²) in [5.41, 5.74) is 2.79. The number of aromatic nitrogens is 6. The number of carbonyl (C=O) groups excluding carboxylic acids is 2. The molecule has 21 heteroatoms. The Bertz CT molecular complexity index is 2050. The lowest BCUT2D eigenvalue weighted by Crippen LogP contribution is -2.51. The van der Waals surface area contributed by atoms with Crippen LogP contribution in [-0.4, -0.2) is 71.7 Å². The van der Waals surface area contributed by atoms with Gasteiger partial charge < -0.3 is 10.2 Å². The van der Waals surface area contributed by atoms with E-state index < -0.39 is 78.7 Å². The molecule has 2 aromatic carbocycles. The second kappa shape index (κ2) is 14.4. The molecule has 12 nitrogen and oxygen atoms in total.